The van der Waals surface area contributed by atoms with Crippen LogP contribution in [-0.2, 0) is 14.3 Å². The maximum absolute atomic E-state index is 12.2. The van der Waals surface area contributed by atoms with Crippen molar-refractivity contribution in [2.45, 2.75) is 77.7 Å². The molecule has 0 aromatic heterocycles. The second-order valence-electron chi connectivity index (χ2n) is 9.27. The number of amides is 1. The van der Waals surface area contributed by atoms with Gasteiger partial charge in [0.05, 0.1) is 12.1 Å². The molecule has 0 saturated heterocycles. The Balaban J connectivity index is 2.05. The predicted molar refractivity (Wildman–Crippen MR) is 169 cm³/mol. The first-order valence-corrected chi connectivity index (χ1v) is 14.8. The number of aromatic hydroxyl groups is 1. The Morgan fingerprint density at radius 2 is 1.32 bits per heavy atom. The van der Waals surface area contributed by atoms with Gasteiger partial charge in [-0.25, -0.2) is 4.79 Å². The summed E-state index contributed by atoms with van der Waals surface area (Å²) in [5, 5.41) is 12.3. The predicted octanol–water partition coefficient (Wildman–Crippen LogP) is 7.94. The van der Waals surface area contributed by atoms with Crippen LogP contribution in [0.4, 0.5) is 0 Å². The number of rotatable bonds is 22. The van der Waals surface area contributed by atoms with Crippen LogP contribution >= 0.6 is 0 Å². The molecule has 41 heavy (non-hydrogen) atoms. The fourth-order valence-electron chi connectivity index (χ4n) is 3.59. The van der Waals surface area contributed by atoms with Gasteiger partial charge in [-0.3, -0.25) is 4.79 Å². The van der Waals surface area contributed by atoms with E-state index in [1.807, 2.05) is 6.92 Å². The molecule has 0 aliphatic rings. The van der Waals surface area contributed by atoms with Gasteiger partial charge >= 0.3 is 5.97 Å². The van der Waals surface area contributed by atoms with Gasteiger partial charge in [-0.2, -0.15) is 0 Å². The molecular weight excluding hydrogens is 514 g/mol. The zero-order chi connectivity index (χ0) is 29.8. The van der Waals surface area contributed by atoms with E-state index < -0.39 is 18.0 Å². The number of allylic oxidation sites excluding steroid dienone is 12. The molecule has 1 aromatic carbocycles. The lowest BCUT2D eigenvalue weighted by atomic mass is 10.2. The molecule has 1 atom stereocenters. The molecule has 1 unspecified atom stereocenters. The second kappa shape index (κ2) is 25.3. The maximum Gasteiger partial charge on any atom is 0.335 e. The van der Waals surface area contributed by atoms with Crippen molar-refractivity contribution in [1.29, 1.82) is 0 Å². The highest BCUT2D eigenvalue weighted by molar-refractivity contribution is 5.96. The number of carbonyl (C=O) groups is 2. The van der Waals surface area contributed by atoms with Crippen molar-refractivity contribution in [3.05, 3.63) is 103 Å². The average molecular weight is 564 g/mol. The minimum atomic E-state index is -0.617. The van der Waals surface area contributed by atoms with Gasteiger partial charge in [0.15, 0.2) is 6.10 Å². The summed E-state index contributed by atoms with van der Waals surface area (Å²) >= 11 is 0. The Kier molecular flexibility index (Phi) is 21.9. The molecule has 2 N–H and O–H groups in total. The van der Waals surface area contributed by atoms with Crippen LogP contribution in [0.3, 0.4) is 0 Å². The van der Waals surface area contributed by atoms with Crippen LogP contribution in [0, 0.1) is 0 Å². The fourth-order valence-corrected chi connectivity index (χ4v) is 3.59. The summed E-state index contributed by atoms with van der Waals surface area (Å²) in [7, 11) is 0. The summed E-state index contributed by atoms with van der Waals surface area (Å²) in [6, 6.07) is 6.28. The van der Waals surface area contributed by atoms with E-state index in [0.29, 0.717) is 13.0 Å². The number of phenolic OH excluding ortho intramolecular Hbond substituents is 1. The highest BCUT2D eigenvalue weighted by atomic mass is 16.6. The first-order chi connectivity index (χ1) is 20.1. The summed E-state index contributed by atoms with van der Waals surface area (Å²) in [6.07, 6.45) is 33.7. The van der Waals surface area contributed by atoms with Gasteiger partial charge in [0.1, 0.15) is 12.4 Å². The van der Waals surface area contributed by atoms with Gasteiger partial charge in [-0.05, 0) is 69.9 Å². The van der Waals surface area contributed by atoms with E-state index in [2.05, 4.69) is 85.2 Å². The summed E-state index contributed by atoms with van der Waals surface area (Å²) in [4.78, 5) is 24.3. The topological polar surface area (TPSA) is 84.9 Å². The van der Waals surface area contributed by atoms with Crippen LogP contribution < -0.4 is 5.32 Å². The van der Waals surface area contributed by atoms with Gasteiger partial charge < -0.3 is 19.9 Å². The Bertz CT molecular complexity index is 1020. The van der Waals surface area contributed by atoms with Gasteiger partial charge in [-0.1, -0.05) is 98.9 Å². The van der Waals surface area contributed by atoms with Gasteiger partial charge in [-0.15, -0.1) is 0 Å². The van der Waals surface area contributed by atoms with E-state index in [4.69, 9.17) is 9.47 Å². The molecule has 0 bridgehead atoms. The third-order valence-corrected chi connectivity index (χ3v) is 5.84. The molecule has 1 aromatic rings. The maximum atomic E-state index is 12.2. The molecule has 0 spiro atoms. The molecule has 0 fully saturated rings. The summed E-state index contributed by atoms with van der Waals surface area (Å²) in [5.41, 5.74) is 0.181. The monoisotopic (exact) mass is 563 g/mol. The summed E-state index contributed by atoms with van der Waals surface area (Å²) in [6.45, 7) is 4.68. The molecule has 0 saturated carbocycles. The lowest BCUT2D eigenvalue weighted by Gasteiger charge is -2.15. The van der Waals surface area contributed by atoms with Gasteiger partial charge in [0.25, 0.3) is 5.91 Å². The number of nitrogens with one attached hydrogen (secondary N) is 1. The number of esters is 1. The minimum absolute atomic E-state index is 0.0383. The zero-order valence-corrected chi connectivity index (χ0v) is 24.9. The van der Waals surface area contributed by atoms with E-state index in [0.717, 1.165) is 51.4 Å². The van der Waals surface area contributed by atoms with E-state index >= 15 is 0 Å². The molecule has 224 valence electrons. The molecular formula is C35H49NO5. The molecule has 0 heterocycles. The number of para-hydroxylation sites is 1. The molecule has 0 radical (unpaired) electrons. The van der Waals surface area contributed by atoms with E-state index in [1.165, 1.54) is 12.1 Å². The molecule has 0 aliphatic heterocycles. The zero-order valence-electron chi connectivity index (χ0n) is 24.9. The minimum Gasteiger partial charge on any atom is -0.507 e. The van der Waals surface area contributed by atoms with Crippen molar-refractivity contribution in [1.82, 2.24) is 5.32 Å². The molecule has 1 amide bonds. The first kappa shape index (κ1) is 35.4. The van der Waals surface area contributed by atoms with Gasteiger partial charge in [0.2, 0.25) is 0 Å². The van der Waals surface area contributed by atoms with Crippen molar-refractivity contribution >= 4 is 11.9 Å². The Morgan fingerprint density at radius 1 is 0.780 bits per heavy atom. The third kappa shape index (κ3) is 19.1. The summed E-state index contributed by atoms with van der Waals surface area (Å²) < 4.78 is 10.9. The largest absolute Gasteiger partial charge is 0.507 e. The van der Waals surface area contributed by atoms with E-state index in [9.17, 15) is 14.7 Å². The second-order valence-corrected chi connectivity index (χ2v) is 9.27. The first-order valence-electron chi connectivity index (χ1n) is 14.8. The Morgan fingerprint density at radius 3 is 1.85 bits per heavy atom. The fraction of sp³-hybridized carbons (Fsp3) is 0.429. The third-order valence-electron chi connectivity index (χ3n) is 5.84. The van der Waals surface area contributed by atoms with Crippen molar-refractivity contribution in [3.8, 4) is 5.75 Å². The molecule has 6 heteroatoms. The van der Waals surface area contributed by atoms with Crippen LogP contribution in [0.1, 0.15) is 82.0 Å². The number of hydrogen-bond donors (Lipinski definition) is 2. The quantitative estimate of drug-likeness (QED) is 0.0850. The van der Waals surface area contributed by atoms with Gasteiger partial charge in [0, 0.05) is 6.61 Å². The number of unbranched alkanes of at least 4 members (excludes halogenated alkanes) is 1. The molecule has 0 aliphatic carbocycles. The smallest absolute Gasteiger partial charge is 0.335 e. The van der Waals surface area contributed by atoms with E-state index in [-0.39, 0.29) is 24.5 Å². The highest BCUT2D eigenvalue weighted by Crippen LogP contribution is 2.14. The number of benzene rings is 1. The Hall–Kier alpha value is -3.64. The lowest BCUT2D eigenvalue weighted by molar-refractivity contribution is -0.157. The number of phenols is 1. The van der Waals surface area contributed by atoms with Crippen LogP contribution in [0.5, 0.6) is 5.75 Å². The highest BCUT2D eigenvalue weighted by Gasteiger charge is 2.18. The van der Waals surface area contributed by atoms with Crippen LogP contribution in [0.25, 0.3) is 0 Å². The molecule has 6 nitrogen and oxygen atoms in total. The standard InChI is InChI=1S/C35H49NO5/c1-3-5-6-7-8-9-10-11-12-13-14-15-16-17-18-19-20-21-22-25-29-40-33(4-2)35(39)41-30-28-36-34(38)31-26-23-24-27-32(31)37/h5-6,8-9,11-12,14-15,17-18,20-21,23-24,26-27,33,37H,3-4,7,10,13,16,19,22,25,28-30H2,1-2H3,(H,36,38). The molecule has 1 rings (SSSR count). The van der Waals surface area contributed by atoms with Crippen molar-refractivity contribution in [3.63, 3.8) is 0 Å². The van der Waals surface area contributed by atoms with Crippen LogP contribution in [0.15, 0.2) is 97.2 Å². The average Bonchev–Trinajstić information content (AvgIpc) is 2.98. The van der Waals surface area contributed by atoms with Crippen LogP contribution in [-0.4, -0.2) is 42.8 Å². The number of ether oxygens (including phenoxy) is 2. The SMILES string of the molecule is CCC=CCC=CCC=CCC=CCC=CCC=CCCCOC(CC)C(=O)OCCNC(=O)c1ccccc1O. The normalized spacial score (nSPS) is 13.0. The van der Waals surface area contributed by atoms with Crippen molar-refractivity contribution < 1.29 is 24.2 Å². The summed E-state index contributed by atoms with van der Waals surface area (Å²) in [5.74, 6) is -0.944. The van der Waals surface area contributed by atoms with Crippen LogP contribution in [0.2, 0.25) is 0 Å². The number of hydrogen-bond acceptors (Lipinski definition) is 5. The Labute approximate surface area is 247 Å². The van der Waals surface area contributed by atoms with E-state index in [1.54, 1.807) is 12.1 Å². The van der Waals surface area contributed by atoms with Crippen molar-refractivity contribution in [2.75, 3.05) is 19.8 Å². The van der Waals surface area contributed by atoms with Crippen molar-refractivity contribution in [2.24, 2.45) is 0 Å². The lowest BCUT2D eigenvalue weighted by Crippen LogP contribution is -2.31. The number of carbonyl (C=O) groups excluding carboxylic acids is 2.